The molecule has 2 N–H and O–H groups in total. The van der Waals surface area contributed by atoms with E-state index >= 15 is 0 Å². The summed E-state index contributed by atoms with van der Waals surface area (Å²) in [5, 5.41) is 9.85. The molecule has 0 saturated carbocycles. The Hall–Kier alpha value is -2.76. The van der Waals surface area contributed by atoms with E-state index in [0.717, 1.165) is 15.6 Å². The van der Waals surface area contributed by atoms with Crippen molar-refractivity contribution in [2.75, 3.05) is 19.8 Å². The third kappa shape index (κ3) is 6.71. The first-order valence-electron chi connectivity index (χ1n) is 11.3. The summed E-state index contributed by atoms with van der Waals surface area (Å²) >= 11 is 3.39. The average Bonchev–Trinajstić information content (AvgIpc) is 2.89. The van der Waals surface area contributed by atoms with E-state index in [4.69, 9.17) is 14.2 Å². The molecule has 1 aliphatic heterocycles. The van der Waals surface area contributed by atoms with Crippen molar-refractivity contribution in [1.82, 2.24) is 4.72 Å². The lowest BCUT2D eigenvalue weighted by molar-refractivity contribution is -0.283. The molecule has 1 atom stereocenters. The van der Waals surface area contributed by atoms with Gasteiger partial charge in [-0.25, -0.2) is 8.42 Å². The topological polar surface area (TPSA) is 111 Å². The van der Waals surface area contributed by atoms with Crippen LogP contribution in [-0.4, -0.2) is 51.1 Å². The van der Waals surface area contributed by atoms with E-state index in [2.05, 4.69) is 20.7 Å². The third-order valence-electron chi connectivity index (χ3n) is 5.67. The number of ether oxygens (including phenoxy) is 3. The van der Waals surface area contributed by atoms with Gasteiger partial charge in [0.1, 0.15) is 18.4 Å². The quantitative estimate of drug-likeness (QED) is 0.367. The van der Waals surface area contributed by atoms with Gasteiger partial charge in [-0.3, -0.25) is 4.79 Å². The van der Waals surface area contributed by atoms with Crippen LogP contribution in [0.5, 0.6) is 5.75 Å². The van der Waals surface area contributed by atoms with Crippen molar-refractivity contribution in [3.63, 3.8) is 0 Å². The van der Waals surface area contributed by atoms with E-state index in [1.807, 2.05) is 30.3 Å². The third-order valence-corrected chi connectivity index (χ3v) is 7.69. The van der Waals surface area contributed by atoms with Gasteiger partial charge in [0.2, 0.25) is 15.8 Å². The van der Waals surface area contributed by atoms with Crippen molar-refractivity contribution in [3.8, 4) is 16.9 Å². The summed E-state index contributed by atoms with van der Waals surface area (Å²) in [6.45, 7) is 0.591. The number of para-hydroxylation sites is 1. The maximum Gasteiger partial charge on any atom is 0.321 e. The van der Waals surface area contributed by atoms with E-state index in [1.165, 1.54) is 12.1 Å². The number of nitrogens with one attached hydrogen (secondary N) is 1. The Kier molecular flexibility index (Phi) is 8.43. The summed E-state index contributed by atoms with van der Waals surface area (Å²) in [4.78, 5) is 12.0. The Labute approximate surface area is 218 Å². The van der Waals surface area contributed by atoms with Crippen molar-refractivity contribution in [1.29, 1.82) is 0 Å². The van der Waals surface area contributed by atoms with Crippen molar-refractivity contribution in [3.05, 3.63) is 83.3 Å². The first-order valence-corrected chi connectivity index (χ1v) is 13.6. The highest BCUT2D eigenvalue weighted by Crippen LogP contribution is 2.28. The largest absolute Gasteiger partial charge is 0.488 e. The zero-order valence-electron chi connectivity index (χ0n) is 19.3. The van der Waals surface area contributed by atoms with Crippen LogP contribution in [0.2, 0.25) is 0 Å². The molecular formula is C26H26BrNO7S. The minimum Gasteiger partial charge on any atom is -0.488 e. The summed E-state index contributed by atoms with van der Waals surface area (Å²) in [6, 6.07) is 21.3. The molecule has 0 bridgehead atoms. The standard InChI is InChI=1S/C26H26BrNO7S/c27-21-11-7-19(8-12-21)20-9-13-23(14-10-20)36(31,32)28-24(25(29)30)17-26(34-15-4-16-35-26)18-33-22-5-2-1-3-6-22/h1-3,5-14,24,28H,4,15-18H2,(H,29,30)/t24-/m1/s1. The number of carboxylic acids is 1. The second-order valence-electron chi connectivity index (χ2n) is 8.31. The van der Waals surface area contributed by atoms with E-state index < -0.39 is 27.8 Å². The van der Waals surface area contributed by atoms with E-state index in [1.54, 1.807) is 36.4 Å². The van der Waals surface area contributed by atoms with Crippen LogP contribution in [0.25, 0.3) is 11.1 Å². The van der Waals surface area contributed by atoms with E-state index in [0.29, 0.717) is 25.4 Å². The summed E-state index contributed by atoms with van der Waals surface area (Å²) in [5.41, 5.74) is 1.75. The molecule has 8 nitrogen and oxygen atoms in total. The van der Waals surface area contributed by atoms with Crippen LogP contribution in [0, 0.1) is 0 Å². The van der Waals surface area contributed by atoms with Crippen molar-refractivity contribution >= 4 is 31.9 Å². The fraction of sp³-hybridized carbons (Fsp3) is 0.269. The number of hydrogen-bond donors (Lipinski definition) is 2. The molecule has 3 aromatic carbocycles. The van der Waals surface area contributed by atoms with Gasteiger partial charge in [-0.2, -0.15) is 4.72 Å². The highest BCUT2D eigenvalue weighted by atomic mass is 79.9. The number of aliphatic carboxylic acids is 1. The number of rotatable bonds is 10. The summed E-state index contributed by atoms with van der Waals surface area (Å²) in [6.07, 6.45) is 0.368. The number of carbonyl (C=O) groups is 1. The van der Waals surface area contributed by atoms with Crippen molar-refractivity contribution in [2.45, 2.75) is 29.6 Å². The molecule has 1 heterocycles. The Morgan fingerprint density at radius 2 is 1.56 bits per heavy atom. The first-order chi connectivity index (χ1) is 17.3. The zero-order valence-corrected chi connectivity index (χ0v) is 21.7. The summed E-state index contributed by atoms with van der Waals surface area (Å²) in [7, 11) is -4.15. The Morgan fingerprint density at radius 1 is 0.972 bits per heavy atom. The Balaban J connectivity index is 1.50. The molecule has 0 unspecified atom stereocenters. The van der Waals surface area contributed by atoms with Crippen LogP contribution in [0.15, 0.2) is 88.2 Å². The Morgan fingerprint density at radius 3 is 2.14 bits per heavy atom. The molecule has 0 amide bonds. The molecule has 1 fully saturated rings. The zero-order chi connectivity index (χ0) is 25.6. The second-order valence-corrected chi connectivity index (χ2v) is 10.9. The number of sulfonamides is 1. The van der Waals surface area contributed by atoms with Gasteiger partial charge in [-0.05, 0) is 53.9 Å². The molecule has 0 aromatic heterocycles. The predicted octanol–water partition coefficient (Wildman–Crippen LogP) is 4.45. The SMILES string of the molecule is O=C(O)[C@@H](CC1(COc2ccccc2)OCCCO1)NS(=O)(=O)c1ccc(-c2ccc(Br)cc2)cc1. The van der Waals surface area contributed by atoms with Crippen LogP contribution in [-0.2, 0) is 24.3 Å². The fourth-order valence-corrected chi connectivity index (χ4v) is 5.26. The lowest BCUT2D eigenvalue weighted by Crippen LogP contribution is -2.53. The normalized spacial score (nSPS) is 16.2. The van der Waals surface area contributed by atoms with Crippen molar-refractivity contribution < 1.29 is 32.5 Å². The highest BCUT2D eigenvalue weighted by Gasteiger charge is 2.42. The second kappa shape index (κ2) is 11.5. The molecular weight excluding hydrogens is 550 g/mol. The number of carboxylic acid groups (broad SMARTS) is 1. The van der Waals surface area contributed by atoms with Gasteiger partial charge < -0.3 is 19.3 Å². The lowest BCUT2D eigenvalue weighted by Gasteiger charge is -2.38. The van der Waals surface area contributed by atoms with Gasteiger partial charge in [0.25, 0.3) is 0 Å². The van der Waals surface area contributed by atoms with Crippen LogP contribution >= 0.6 is 15.9 Å². The molecule has 3 aromatic rings. The predicted molar refractivity (Wildman–Crippen MR) is 137 cm³/mol. The number of halogens is 1. The monoisotopic (exact) mass is 575 g/mol. The average molecular weight is 576 g/mol. The van der Waals surface area contributed by atoms with E-state index in [-0.39, 0.29) is 17.9 Å². The van der Waals surface area contributed by atoms with Gasteiger partial charge in [0.15, 0.2) is 0 Å². The molecule has 0 spiro atoms. The first kappa shape index (κ1) is 26.3. The molecule has 0 radical (unpaired) electrons. The van der Waals surface area contributed by atoms with Crippen LogP contribution in [0.1, 0.15) is 12.8 Å². The van der Waals surface area contributed by atoms with Crippen molar-refractivity contribution in [2.24, 2.45) is 0 Å². The molecule has 36 heavy (non-hydrogen) atoms. The van der Waals surface area contributed by atoms with Crippen LogP contribution in [0.3, 0.4) is 0 Å². The van der Waals surface area contributed by atoms with E-state index in [9.17, 15) is 18.3 Å². The minimum absolute atomic E-state index is 0.0466. The highest BCUT2D eigenvalue weighted by molar-refractivity contribution is 9.10. The van der Waals surface area contributed by atoms with Gasteiger partial charge in [-0.15, -0.1) is 0 Å². The maximum absolute atomic E-state index is 13.1. The molecule has 1 aliphatic rings. The maximum atomic E-state index is 13.1. The summed E-state index contributed by atoms with van der Waals surface area (Å²) in [5.74, 6) is -2.19. The fourth-order valence-electron chi connectivity index (χ4n) is 3.80. The minimum atomic E-state index is -4.15. The van der Waals surface area contributed by atoms with Gasteiger partial charge in [-0.1, -0.05) is 58.4 Å². The molecule has 10 heteroatoms. The summed E-state index contributed by atoms with van der Waals surface area (Å²) < 4.78 is 46.8. The van der Waals surface area contributed by atoms with Crippen LogP contribution in [0.4, 0.5) is 0 Å². The molecule has 1 saturated heterocycles. The Bertz CT molecular complexity index is 1260. The lowest BCUT2D eigenvalue weighted by atomic mass is 10.1. The molecule has 4 rings (SSSR count). The smallest absolute Gasteiger partial charge is 0.321 e. The van der Waals surface area contributed by atoms with Gasteiger partial charge in [0, 0.05) is 10.9 Å². The number of benzene rings is 3. The van der Waals surface area contributed by atoms with Gasteiger partial charge in [0.05, 0.1) is 18.1 Å². The molecule has 0 aliphatic carbocycles. The molecule has 190 valence electrons. The van der Waals surface area contributed by atoms with Gasteiger partial charge >= 0.3 is 5.97 Å². The van der Waals surface area contributed by atoms with Crippen LogP contribution < -0.4 is 9.46 Å². The number of hydrogen-bond acceptors (Lipinski definition) is 6.